The molecule has 0 saturated heterocycles. The van der Waals surface area contributed by atoms with Crippen molar-refractivity contribution in [2.75, 3.05) is 11.5 Å². The third kappa shape index (κ3) is 8.20. The van der Waals surface area contributed by atoms with Crippen LogP contribution in [0.2, 0.25) is 0 Å². The van der Waals surface area contributed by atoms with Crippen LogP contribution >= 0.6 is 11.8 Å². The topological polar surface area (TPSA) is 63.3 Å². The molecule has 0 aliphatic carbocycles. The maximum absolute atomic E-state index is 10.2. The summed E-state index contributed by atoms with van der Waals surface area (Å²) < 4.78 is 0. The molecule has 3 nitrogen and oxygen atoms in total. The minimum absolute atomic E-state index is 0. The van der Waals surface area contributed by atoms with Crippen molar-refractivity contribution in [2.45, 2.75) is 19.4 Å². The van der Waals surface area contributed by atoms with Crippen LogP contribution in [-0.4, -0.2) is 28.6 Å². The molecule has 0 aliphatic rings. The van der Waals surface area contributed by atoms with E-state index in [1.807, 2.05) is 6.92 Å². The number of hydrogen-bond donors (Lipinski definition) is 2. The third-order valence-electron chi connectivity index (χ3n) is 1.09. The van der Waals surface area contributed by atoms with E-state index < -0.39 is 12.0 Å². The number of nitrogens with two attached hydrogens (primary N) is 1. The van der Waals surface area contributed by atoms with Crippen LogP contribution in [0.4, 0.5) is 0 Å². The molecule has 5 heteroatoms. The zero-order valence-electron chi connectivity index (χ0n) is 6.34. The Morgan fingerprint density at radius 1 is 1.73 bits per heavy atom. The second kappa shape index (κ2) is 8.40. The van der Waals surface area contributed by atoms with Crippen molar-refractivity contribution in [3.63, 3.8) is 0 Å². The second-order valence-electron chi connectivity index (χ2n) is 1.93. The predicted octanol–water partition coefficient (Wildman–Crippen LogP) is 0.539. The molecule has 0 aliphatic heterocycles. The molecular weight excluding hydrogens is 214 g/mol. The Hall–Kier alpha value is 0.299. The van der Waals surface area contributed by atoms with Gasteiger partial charge in [-0.3, -0.25) is 4.79 Å². The molecule has 11 heavy (non-hydrogen) atoms. The van der Waals surface area contributed by atoms with Crippen LogP contribution in [0.1, 0.15) is 13.3 Å². The van der Waals surface area contributed by atoms with Gasteiger partial charge in [-0.25, -0.2) is 0 Å². The van der Waals surface area contributed by atoms with Crippen LogP contribution in [-0.2, 0) is 21.9 Å². The van der Waals surface area contributed by atoms with Gasteiger partial charge in [-0.2, -0.15) is 11.8 Å². The Morgan fingerprint density at radius 2 is 2.27 bits per heavy atom. The molecule has 1 atom stereocenters. The summed E-state index contributed by atoms with van der Waals surface area (Å²) in [5.74, 6) is 0.952. The number of hydrogen-bond acceptors (Lipinski definition) is 3. The fraction of sp³-hybridized carbons (Fsp3) is 0.833. The zero-order valence-corrected chi connectivity index (χ0v) is 8.10. The summed E-state index contributed by atoms with van der Waals surface area (Å²) in [5, 5.41) is 8.35. The van der Waals surface area contributed by atoms with E-state index in [4.69, 9.17) is 10.8 Å². The molecule has 0 spiro atoms. The third-order valence-corrected chi connectivity index (χ3v) is 2.03. The Morgan fingerprint density at radius 3 is 2.64 bits per heavy atom. The van der Waals surface area contributed by atoms with Gasteiger partial charge in [0.25, 0.3) is 0 Å². The van der Waals surface area contributed by atoms with Crippen LogP contribution in [0.15, 0.2) is 0 Å². The Bertz CT molecular complexity index is 113. The zero-order chi connectivity index (χ0) is 7.98. The first kappa shape index (κ1) is 13.9. The van der Waals surface area contributed by atoms with E-state index in [9.17, 15) is 4.79 Å². The van der Waals surface area contributed by atoms with Gasteiger partial charge in [0.1, 0.15) is 6.04 Å². The summed E-state index contributed by atoms with van der Waals surface area (Å²) >= 11 is 1.71. The molecule has 71 valence electrons. The summed E-state index contributed by atoms with van der Waals surface area (Å²) in [6.07, 6.45) is 0.563. The number of carboxylic acid groups (broad SMARTS) is 1. The van der Waals surface area contributed by atoms with Crippen molar-refractivity contribution < 1.29 is 27.0 Å². The van der Waals surface area contributed by atoms with Crippen LogP contribution < -0.4 is 5.73 Å². The van der Waals surface area contributed by atoms with Crippen molar-refractivity contribution in [3.05, 3.63) is 0 Å². The molecule has 1 unspecified atom stereocenters. The molecule has 0 saturated carbocycles. The second-order valence-corrected chi connectivity index (χ2v) is 3.32. The monoisotopic (exact) mass is 226 g/mol. The summed E-state index contributed by atoms with van der Waals surface area (Å²) in [7, 11) is 0. The van der Waals surface area contributed by atoms with Crippen LogP contribution in [0.3, 0.4) is 0 Å². The summed E-state index contributed by atoms with van der Waals surface area (Å²) in [4.78, 5) is 10.2. The first-order chi connectivity index (χ1) is 4.68. The number of rotatable bonds is 5. The van der Waals surface area contributed by atoms with Gasteiger partial charge < -0.3 is 10.8 Å². The van der Waals surface area contributed by atoms with E-state index in [1.165, 1.54) is 0 Å². The fourth-order valence-electron chi connectivity index (χ4n) is 0.478. The maximum atomic E-state index is 10.2. The molecule has 0 aromatic heterocycles. The van der Waals surface area contributed by atoms with Crippen LogP contribution in [0.25, 0.3) is 0 Å². The van der Waals surface area contributed by atoms with Crippen LogP contribution in [0, 0.1) is 0 Å². The van der Waals surface area contributed by atoms with E-state index in [2.05, 4.69) is 0 Å². The SMILES string of the molecule is CCSCCC(N)C(=O)O.[Cu]. The first-order valence-corrected chi connectivity index (χ1v) is 4.40. The largest absolute Gasteiger partial charge is 0.480 e. The molecule has 0 amide bonds. The smallest absolute Gasteiger partial charge is 0.320 e. The van der Waals surface area contributed by atoms with Gasteiger partial charge in [-0.15, -0.1) is 0 Å². The molecule has 0 aromatic rings. The van der Waals surface area contributed by atoms with Gasteiger partial charge in [0.05, 0.1) is 0 Å². The van der Waals surface area contributed by atoms with Crippen LogP contribution in [0.5, 0.6) is 0 Å². The minimum Gasteiger partial charge on any atom is -0.480 e. The van der Waals surface area contributed by atoms with Gasteiger partial charge in [-0.05, 0) is 17.9 Å². The van der Waals surface area contributed by atoms with Gasteiger partial charge >= 0.3 is 5.97 Å². The van der Waals surface area contributed by atoms with E-state index in [0.717, 1.165) is 11.5 Å². The summed E-state index contributed by atoms with van der Waals surface area (Å²) in [5.41, 5.74) is 5.24. The predicted molar refractivity (Wildman–Crippen MR) is 43.2 cm³/mol. The van der Waals surface area contributed by atoms with Crippen molar-refractivity contribution in [1.82, 2.24) is 0 Å². The fourth-order valence-corrected chi connectivity index (χ4v) is 1.19. The number of carboxylic acids is 1. The molecule has 0 heterocycles. The summed E-state index contributed by atoms with van der Waals surface area (Å²) in [6.45, 7) is 2.04. The van der Waals surface area contributed by atoms with Gasteiger partial charge in [0.2, 0.25) is 0 Å². The Kier molecular flexibility index (Phi) is 10.6. The normalized spacial score (nSPS) is 11.8. The molecule has 3 N–H and O–H groups in total. The Labute approximate surface area is 81.6 Å². The maximum Gasteiger partial charge on any atom is 0.320 e. The van der Waals surface area contributed by atoms with E-state index in [-0.39, 0.29) is 17.1 Å². The quantitative estimate of drug-likeness (QED) is 0.531. The van der Waals surface area contributed by atoms with Gasteiger partial charge in [0, 0.05) is 17.1 Å². The van der Waals surface area contributed by atoms with Crippen molar-refractivity contribution in [1.29, 1.82) is 0 Å². The molecule has 1 radical (unpaired) electrons. The minimum atomic E-state index is -0.906. The van der Waals surface area contributed by atoms with Gasteiger partial charge in [-0.1, -0.05) is 6.92 Å². The number of thioether (sulfide) groups is 1. The van der Waals surface area contributed by atoms with E-state index in [1.54, 1.807) is 11.8 Å². The number of aliphatic carboxylic acids is 1. The van der Waals surface area contributed by atoms with E-state index in [0.29, 0.717) is 6.42 Å². The standard InChI is InChI=1S/C6H13NO2S.Cu/c1-2-10-4-3-5(7)6(8)9;/h5H,2-4,7H2,1H3,(H,8,9);. The molecule has 0 fully saturated rings. The van der Waals surface area contributed by atoms with E-state index >= 15 is 0 Å². The van der Waals surface area contributed by atoms with Crippen molar-refractivity contribution in [3.8, 4) is 0 Å². The average Bonchev–Trinajstić information content (AvgIpc) is 1.88. The molecule has 0 aromatic carbocycles. The first-order valence-electron chi connectivity index (χ1n) is 3.24. The molecular formula is C6H13CuNO2S. The molecule has 0 bridgehead atoms. The molecule has 0 rings (SSSR count). The number of carbonyl (C=O) groups is 1. The van der Waals surface area contributed by atoms with Gasteiger partial charge in [0.15, 0.2) is 0 Å². The van der Waals surface area contributed by atoms with Crippen molar-refractivity contribution >= 4 is 17.7 Å². The Balaban J connectivity index is 0. The average molecular weight is 227 g/mol. The van der Waals surface area contributed by atoms with Crippen molar-refractivity contribution in [2.24, 2.45) is 5.73 Å². The summed E-state index contributed by atoms with van der Waals surface area (Å²) in [6, 6.07) is -0.681.